The van der Waals surface area contributed by atoms with Gasteiger partial charge >= 0.3 is 0 Å². The highest BCUT2D eigenvalue weighted by atomic mass is 79.9. The van der Waals surface area contributed by atoms with E-state index in [9.17, 15) is 8.78 Å². The van der Waals surface area contributed by atoms with Crippen molar-refractivity contribution in [2.75, 3.05) is 5.43 Å². The summed E-state index contributed by atoms with van der Waals surface area (Å²) in [6, 6.07) is 2.76. The number of fused-ring (bicyclic) bond motifs is 1. The van der Waals surface area contributed by atoms with Crippen LogP contribution in [0.1, 0.15) is 5.56 Å². The molecule has 4 nitrogen and oxygen atoms in total. The second kappa shape index (κ2) is 4.24. The Morgan fingerprint density at radius 3 is 2.76 bits per heavy atom. The smallest absolute Gasteiger partial charge is 0.150 e. The van der Waals surface area contributed by atoms with Crippen LogP contribution < -0.4 is 11.3 Å². The van der Waals surface area contributed by atoms with E-state index in [-0.39, 0.29) is 26.6 Å². The molecule has 17 heavy (non-hydrogen) atoms. The van der Waals surface area contributed by atoms with Crippen LogP contribution in [-0.2, 0) is 0 Å². The third-order valence-corrected chi connectivity index (χ3v) is 2.83. The number of hydrogen-bond donors (Lipinski definition) is 2. The molecule has 3 N–H and O–H groups in total. The molecule has 86 valence electrons. The average Bonchev–Trinajstić information content (AvgIpc) is 2.34. The highest BCUT2D eigenvalue weighted by Crippen LogP contribution is 2.32. The molecule has 0 amide bonds. The summed E-state index contributed by atoms with van der Waals surface area (Å²) in [5.41, 5.74) is 2.06. The van der Waals surface area contributed by atoms with Gasteiger partial charge in [-0.05, 0) is 22.0 Å². The fraction of sp³-hybridized carbons (Fsp3) is 0. The molecule has 2 rings (SSSR count). The molecule has 0 bridgehead atoms. The second-order valence-corrected chi connectivity index (χ2v) is 4.04. The molecule has 1 aromatic carbocycles. The summed E-state index contributed by atoms with van der Waals surface area (Å²) in [7, 11) is 0. The molecular weight excluding hydrogens is 294 g/mol. The number of anilines is 1. The van der Waals surface area contributed by atoms with Crippen LogP contribution in [0.15, 0.2) is 16.7 Å². The zero-order chi connectivity index (χ0) is 12.6. The zero-order valence-electron chi connectivity index (χ0n) is 8.26. The van der Waals surface area contributed by atoms with E-state index in [1.807, 2.05) is 0 Å². The second-order valence-electron chi connectivity index (χ2n) is 3.18. The number of nitrogens with zero attached hydrogens (tertiary/aromatic N) is 2. The minimum Gasteiger partial charge on any atom is -0.322 e. The Bertz CT molecular complexity index is 651. The fourth-order valence-electron chi connectivity index (χ4n) is 1.50. The van der Waals surface area contributed by atoms with Gasteiger partial charge in [0.25, 0.3) is 0 Å². The minimum atomic E-state index is -0.723. The number of halogens is 3. The van der Waals surface area contributed by atoms with Gasteiger partial charge in [-0.25, -0.2) is 8.78 Å². The number of nitriles is 1. The van der Waals surface area contributed by atoms with Gasteiger partial charge in [0, 0.05) is 6.20 Å². The normalized spacial score (nSPS) is 10.3. The maximum atomic E-state index is 13.9. The van der Waals surface area contributed by atoms with Crippen molar-refractivity contribution in [3.63, 3.8) is 0 Å². The molecule has 0 aliphatic carbocycles. The molecular formula is C10H5BrF2N4. The number of hydrazine groups is 1. The Labute approximate surface area is 103 Å². The van der Waals surface area contributed by atoms with Crippen molar-refractivity contribution >= 4 is 32.5 Å². The number of nitrogens with two attached hydrogens (primary N) is 1. The topological polar surface area (TPSA) is 74.7 Å². The first-order valence-corrected chi connectivity index (χ1v) is 5.22. The molecule has 0 saturated heterocycles. The summed E-state index contributed by atoms with van der Waals surface area (Å²) in [5.74, 6) is 3.81. The monoisotopic (exact) mass is 298 g/mol. The van der Waals surface area contributed by atoms with Gasteiger partial charge in [-0.2, -0.15) is 5.26 Å². The average molecular weight is 299 g/mol. The molecule has 0 aliphatic rings. The van der Waals surface area contributed by atoms with Gasteiger partial charge in [0.15, 0.2) is 5.82 Å². The SMILES string of the molecule is N#Cc1cnc2c(F)cc(Br)c(F)c2c1NN. The first kappa shape index (κ1) is 11.7. The first-order valence-electron chi connectivity index (χ1n) is 4.43. The Morgan fingerprint density at radius 1 is 1.47 bits per heavy atom. The third kappa shape index (κ3) is 1.71. The van der Waals surface area contributed by atoms with Crippen LogP contribution in [0.25, 0.3) is 10.9 Å². The number of rotatable bonds is 1. The fourth-order valence-corrected chi connectivity index (χ4v) is 1.90. The van der Waals surface area contributed by atoms with Gasteiger partial charge in [0.2, 0.25) is 0 Å². The van der Waals surface area contributed by atoms with Crippen molar-refractivity contribution in [2.45, 2.75) is 0 Å². The minimum absolute atomic E-state index is 0.00944. The molecule has 0 radical (unpaired) electrons. The van der Waals surface area contributed by atoms with E-state index >= 15 is 0 Å². The summed E-state index contributed by atoms with van der Waals surface area (Å²) in [6.07, 6.45) is 1.13. The number of hydrogen-bond acceptors (Lipinski definition) is 4. The third-order valence-electron chi connectivity index (χ3n) is 2.25. The van der Waals surface area contributed by atoms with E-state index in [0.717, 1.165) is 12.3 Å². The maximum absolute atomic E-state index is 13.9. The van der Waals surface area contributed by atoms with Crippen molar-refractivity contribution in [3.05, 3.63) is 33.9 Å². The standard InChI is InChI=1S/C10H5BrF2N4/c11-5-1-6(12)10-7(8(5)13)9(17-15)4(2-14)3-16-10/h1,3H,15H2,(H,16,17). The summed E-state index contributed by atoms with van der Waals surface area (Å²) in [6.45, 7) is 0. The van der Waals surface area contributed by atoms with E-state index in [1.165, 1.54) is 0 Å². The van der Waals surface area contributed by atoms with E-state index in [1.54, 1.807) is 6.07 Å². The molecule has 0 aliphatic heterocycles. The van der Waals surface area contributed by atoms with Crippen LogP contribution >= 0.6 is 15.9 Å². The number of pyridine rings is 1. The van der Waals surface area contributed by atoms with Crippen LogP contribution in [0.4, 0.5) is 14.5 Å². The summed E-state index contributed by atoms with van der Waals surface area (Å²) in [4.78, 5) is 3.71. The Balaban J connectivity index is 3.03. The lowest BCUT2D eigenvalue weighted by atomic mass is 10.1. The van der Waals surface area contributed by atoms with Gasteiger partial charge in [0.1, 0.15) is 17.4 Å². The van der Waals surface area contributed by atoms with Gasteiger partial charge < -0.3 is 5.43 Å². The lowest BCUT2D eigenvalue weighted by Gasteiger charge is -2.09. The molecule has 1 heterocycles. The van der Waals surface area contributed by atoms with Crippen LogP contribution in [0.5, 0.6) is 0 Å². The number of aromatic nitrogens is 1. The zero-order valence-corrected chi connectivity index (χ0v) is 9.85. The number of benzene rings is 1. The summed E-state index contributed by atoms with van der Waals surface area (Å²) < 4.78 is 27.4. The first-order chi connectivity index (χ1) is 8.10. The number of nitrogens with one attached hydrogen (secondary N) is 1. The van der Waals surface area contributed by atoms with Crippen LogP contribution in [0.2, 0.25) is 0 Å². The molecule has 0 atom stereocenters. The van der Waals surface area contributed by atoms with Crippen molar-refractivity contribution in [2.24, 2.45) is 5.84 Å². The Kier molecular flexibility index (Phi) is 2.92. The maximum Gasteiger partial charge on any atom is 0.150 e. The van der Waals surface area contributed by atoms with Crippen LogP contribution in [0.3, 0.4) is 0 Å². The van der Waals surface area contributed by atoms with Gasteiger partial charge in [-0.15, -0.1) is 0 Å². The van der Waals surface area contributed by atoms with E-state index in [0.29, 0.717) is 0 Å². The van der Waals surface area contributed by atoms with Gasteiger partial charge in [-0.3, -0.25) is 10.8 Å². The predicted molar refractivity (Wildman–Crippen MR) is 61.9 cm³/mol. The Hall–Kier alpha value is -1.78. The lowest BCUT2D eigenvalue weighted by Crippen LogP contribution is -2.10. The molecule has 0 fully saturated rings. The highest BCUT2D eigenvalue weighted by molar-refractivity contribution is 9.10. The number of nitrogen functional groups attached to an aromatic ring is 1. The molecule has 0 unspecified atom stereocenters. The van der Waals surface area contributed by atoms with E-state index in [2.05, 4.69) is 26.3 Å². The molecule has 1 aromatic heterocycles. The van der Waals surface area contributed by atoms with Crippen LogP contribution in [-0.4, -0.2) is 4.98 Å². The van der Waals surface area contributed by atoms with E-state index < -0.39 is 11.6 Å². The predicted octanol–water partition coefficient (Wildman–Crippen LogP) is 2.43. The lowest BCUT2D eigenvalue weighted by molar-refractivity contribution is 0.610. The van der Waals surface area contributed by atoms with Crippen molar-refractivity contribution in [3.8, 4) is 6.07 Å². The quantitative estimate of drug-likeness (QED) is 0.482. The summed E-state index contributed by atoms with van der Waals surface area (Å²) >= 11 is 2.88. The Morgan fingerprint density at radius 2 is 2.18 bits per heavy atom. The largest absolute Gasteiger partial charge is 0.322 e. The summed E-state index contributed by atoms with van der Waals surface area (Å²) in [5, 5.41) is 8.67. The van der Waals surface area contributed by atoms with Crippen molar-refractivity contribution in [1.82, 2.24) is 4.98 Å². The van der Waals surface area contributed by atoms with Gasteiger partial charge in [-0.1, -0.05) is 0 Å². The molecule has 7 heteroatoms. The highest BCUT2D eigenvalue weighted by Gasteiger charge is 2.17. The van der Waals surface area contributed by atoms with Crippen molar-refractivity contribution < 1.29 is 8.78 Å². The van der Waals surface area contributed by atoms with Crippen molar-refractivity contribution in [1.29, 1.82) is 5.26 Å². The molecule has 0 saturated carbocycles. The van der Waals surface area contributed by atoms with E-state index in [4.69, 9.17) is 11.1 Å². The van der Waals surface area contributed by atoms with Crippen LogP contribution in [0, 0.1) is 23.0 Å². The molecule has 0 spiro atoms. The molecule has 2 aromatic rings. The van der Waals surface area contributed by atoms with Gasteiger partial charge in [0.05, 0.1) is 21.1 Å².